The van der Waals surface area contributed by atoms with Crippen LogP contribution in [0.4, 0.5) is 0 Å². The summed E-state index contributed by atoms with van der Waals surface area (Å²) in [6.07, 6.45) is 7.23. The number of amides is 3. The molecule has 0 radical (unpaired) electrons. The topological polar surface area (TPSA) is 90.5 Å². The molecule has 1 aromatic carbocycles. The zero-order valence-corrected chi connectivity index (χ0v) is 18.0. The number of carbonyl (C=O) groups excluding carboxylic acids is 3. The third-order valence-electron chi connectivity index (χ3n) is 8.04. The van der Waals surface area contributed by atoms with Crippen molar-refractivity contribution >= 4 is 17.7 Å². The van der Waals surface area contributed by atoms with Gasteiger partial charge in [-0.25, -0.2) is 0 Å². The lowest BCUT2D eigenvalue weighted by Gasteiger charge is -2.48. The van der Waals surface area contributed by atoms with Crippen molar-refractivity contribution in [3.05, 3.63) is 34.9 Å². The Hall–Kier alpha value is -2.25. The smallest absolute Gasteiger partial charge is 0.255 e. The van der Waals surface area contributed by atoms with E-state index in [2.05, 4.69) is 22.0 Å². The van der Waals surface area contributed by atoms with Gasteiger partial charge in [0.25, 0.3) is 5.91 Å². The van der Waals surface area contributed by atoms with E-state index in [0.29, 0.717) is 23.9 Å². The van der Waals surface area contributed by atoms with Crippen LogP contribution in [0.3, 0.4) is 0 Å². The lowest BCUT2D eigenvalue weighted by Crippen LogP contribution is -2.52. The monoisotopic (exact) mass is 424 g/mol. The molecule has 1 aliphatic carbocycles. The minimum atomic E-state index is -0.560. The van der Waals surface area contributed by atoms with E-state index in [4.69, 9.17) is 0 Å². The third-order valence-corrected chi connectivity index (χ3v) is 8.04. The van der Waals surface area contributed by atoms with E-state index in [1.54, 1.807) is 4.90 Å². The zero-order chi connectivity index (χ0) is 21.4. The first-order chi connectivity index (χ1) is 15.1. The first kappa shape index (κ1) is 20.6. The number of nitrogens with zero attached hydrogens (tertiary/aromatic N) is 1. The minimum absolute atomic E-state index is 0.101. The molecule has 166 valence electrons. The molecule has 2 saturated heterocycles. The highest BCUT2D eigenvalue weighted by molar-refractivity contribution is 6.05. The predicted octanol–water partition coefficient (Wildman–Crippen LogP) is 1.71. The average Bonchev–Trinajstić information content (AvgIpc) is 3.05. The van der Waals surface area contributed by atoms with Crippen LogP contribution in [0.1, 0.15) is 66.4 Å². The van der Waals surface area contributed by atoms with Crippen LogP contribution < -0.4 is 16.0 Å². The molecule has 3 N–H and O–H groups in total. The lowest BCUT2D eigenvalue weighted by molar-refractivity contribution is -0.136. The standard InChI is InChI=1S/C24H32N4O3/c29-21-8-7-20(22(30)27-21)28-14-19-16(3-1-6-18(19)23(28)31)13-26-15-24(17-4-2-5-17)9-11-25-12-10-24/h1,3,6,17,20,25-26H,2,4-5,7-15H2,(H,27,29,30). The molecule has 5 rings (SSSR count). The van der Waals surface area contributed by atoms with E-state index in [9.17, 15) is 14.4 Å². The number of hydrogen-bond acceptors (Lipinski definition) is 5. The number of nitrogens with one attached hydrogen (secondary N) is 3. The van der Waals surface area contributed by atoms with E-state index < -0.39 is 6.04 Å². The fraction of sp³-hybridized carbons (Fsp3) is 0.625. The third kappa shape index (κ3) is 3.78. The summed E-state index contributed by atoms with van der Waals surface area (Å²) in [5.41, 5.74) is 3.25. The van der Waals surface area contributed by atoms with Gasteiger partial charge in [-0.3, -0.25) is 19.7 Å². The van der Waals surface area contributed by atoms with Gasteiger partial charge in [-0.05, 0) is 73.7 Å². The molecule has 4 aliphatic rings. The summed E-state index contributed by atoms with van der Waals surface area (Å²) in [5.74, 6) is 0.128. The Bertz CT molecular complexity index is 889. The molecule has 1 unspecified atom stereocenters. The molecule has 3 amide bonds. The number of piperidine rings is 2. The van der Waals surface area contributed by atoms with Crippen LogP contribution in [-0.4, -0.2) is 48.3 Å². The van der Waals surface area contributed by atoms with Crippen molar-refractivity contribution in [2.24, 2.45) is 11.3 Å². The highest BCUT2D eigenvalue weighted by Gasteiger charge is 2.42. The van der Waals surface area contributed by atoms with E-state index in [1.807, 2.05) is 12.1 Å². The Morgan fingerprint density at radius 3 is 2.61 bits per heavy atom. The normalized spacial score (nSPS) is 25.9. The highest BCUT2D eigenvalue weighted by Crippen LogP contribution is 2.47. The molecule has 3 heterocycles. The molecular formula is C24H32N4O3. The molecule has 7 nitrogen and oxygen atoms in total. The van der Waals surface area contributed by atoms with E-state index in [0.717, 1.165) is 43.2 Å². The maximum atomic E-state index is 13.0. The maximum Gasteiger partial charge on any atom is 0.255 e. The van der Waals surface area contributed by atoms with Crippen LogP contribution in [0, 0.1) is 11.3 Å². The second-order valence-corrected chi connectivity index (χ2v) is 9.69. The molecule has 3 aliphatic heterocycles. The number of imide groups is 1. The largest absolute Gasteiger partial charge is 0.322 e. The average molecular weight is 425 g/mol. The van der Waals surface area contributed by atoms with E-state index in [1.165, 1.54) is 32.1 Å². The second kappa shape index (κ2) is 8.36. The van der Waals surface area contributed by atoms with Gasteiger partial charge in [0.05, 0.1) is 0 Å². The fourth-order valence-corrected chi connectivity index (χ4v) is 5.94. The SMILES string of the molecule is O=C1CCC(N2Cc3c(CNCC4(C5CCC5)CCNCC4)cccc3C2=O)C(=O)N1. The molecular weight excluding hydrogens is 392 g/mol. The molecule has 3 fully saturated rings. The van der Waals surface area contributed by atoms with Crippen LogP contribution in [0.15, 0.2) is 18.2 Å². The second-order valence-electron chi connectivity index (χ2n) is 9.69. The van der Waals surface area contributed by atoms with Crippen molar-refractivity contribution in [3.8, 4) is 0 Å². The van der Waals surface area contributed by atoms with Gasteiger partial charge in [-0.1, -0.05) is 18.6 Å². The molecule has 1 atom stereocenters. The first-order valence-corrected chi connectivity index (χ1v) is 11.7. The summed E-state index contributed by atoms with van der Waals surface area (Å²) in [4.78, 5) is 38.5. The Morgan fingerprint density at radius 1 is 1.10 bits per heavy atom. The Kier molecular flexibility index (Phi) is 5.56. The van der Waals surface area contributed by atoms with Crippen LogP contribution >= 0.6 is 0 Å². The van der Waals surface area contributed by atoms with Crippen molar-refractivity contribution in [1.29, 1.82) is 0 Å². The Balaban J connectivity index is 1.27. The number of benzene rings is 1. The van der Waals surface area contributed by atoms with Gasteiger partial charge >= 0.3 is 0 Å². The van der Waals surface area contributed by atoms with Gasteiger partial charge in [0.15, 0.2) is 0 Å². The minimum Gasteiger partial charge on any atom is -0.322 e. The summed E-state index contributed by atoms with van der Waals surface area (Å²) in [5, 5.41) is 9.62. The Labute approximate surface area is 183 Å². The molecule has 1 aromatic rings. The van der Waals surface area contributed by atoms with Crippen LogP contribution in [0.2, 0.25) is 0 Å². The van der Waals surface area contributed by atoms with Crippen LogP contribution in [0.5, 0.6) is 0 Å². The molecule has 0 spiro atoms. The van der Waals surface area contributed by atoms with Gasteiger partial charge in [-0.15, -0.1) is 0 Å². The van der Waals surface area contributed by atoms with E-state index >= 15 is 0 Å². The van der Waals surface area contributed by atoms with Crippen molar-refractivity contribution in [2.45, 2.75) is 64.1 Å². The van der Waals surface area contributed by atoms with Gasteiger partial charge < -0.3 is 15.5 Å². The van der Waals surface area contributed by atoms with Gasteiger partial charge in [-0.2, -0.15) is 0 Å². The zero-order valence-electron chi connectivity index (χ0n) is 18.0. The molecule has 31 heavy (non-hydrogen) atoms. The van der Waals surface area contributed by atoms with Gasteiger partial charge in [0.2, 0.25) is 11.8 Å². The summed E-state index contributed by atoms with van der Waals surface area (Å²) in [7, 11) is 0. The molecule has 1 saturated carbocycles. The van der Waals surface area contributed by atoms with Crippen molar-refractivity contribution < 1.29 is 14.4 Å². The number of hydrogen-bond donors (Lipinski definition) is 3. The number of rotatable bonds is 6. The van der Waals surface area contributed by atoms with Crippen LogP contribution in [-0.2, 0) is 22.7 Å². The summed E-state index contributed by atoms with van der Waals surface area (Å²) >= 11 is 0. The first-order valence-electron chi connectivity index (χ1n) is 11.7. The number of fused-ring (bicyclic) bond motifs is 1. The Morgan fingerprint density at radius 2 is 1.90 bits per heavy atom. The van der Waals surface area contributed by atoms with Gasteiger partial charge in [0.1, 0.15) is 6.04 Å². The van der Waals surface area contributed by atoms with Crippen molar-refractivity contribution in [2.75, 3.05) is 19.6 Å². The highest BCUT2D eigenvalue weighted by atomic mass is 16.2. The van der Waals surface area contributed by atoms with Crippen molar-refractivity contribution in [3.63, 3.8) is 0 Å². The summed E-state index contributed by atoms with van der Waals surface area (Å²) < 4.78 is 0. The maximum absolute atomic E-state index is 13.0. The molecule has 0 aromatic heterocycles. The quantitative estimate of drug-likeness (QED) is 0.605. The fourth-order valence-electron chi connectivity index (χ4n) is 5.94. The van der Waals surface area contributed by atoms with Gasteiger partial charge in [0, 0.05) is 31.6 Å². The van der Waals surface area contributed by atoms with E-state index in [-0.39, 0.29) is 24.1 Å². The summed E-state index contributed by atoms with van der Waals surface area (Å²) in [6.45, 7) is 4.41. The summed E-state index contributed by atoms with van der Waals surface area (Å²) in [6, 6.07) is 5.32. The lowest BCUT2D eigenvalue weighted by atomic mass is 9.61. The predicted molar refractivity (Wildman–Crippen MR) is 116 cm³/mol. The molecule has 7 heteroatoms. The van der Waals surface area contributed by atoms with Crippen molar-refractivity contribution in [1.82, 2.24) is 20.9 Å². The van der Waals surface area contributed by atoms with Crippen LogP contribution in [0.25, 0.3) is 0 Å². The number of carbonyl (C=O) groups is 3. The molecule has 0 bridgehead atoms.